The van der Waals surface area contributed by atoms with Crippen LogP contribution in [0.1, 0.15) is 24.2 Å². The second-order valence-electron chi connectivity index (χ2n) is 5.00. The van der Waals surface area contributed by atoms with Crippen LogP contribution < -0.4 is 4.90 Å². The minimum atomic E-state index is 0.740. The number of hydrogen-bond acceptors (Lipinski definition) is 6. The van der Waals surface area contributed by atoms with E-state index in [0.717, 1.165) is 47.1 Å². The maximum absolute atomic E-state index is 4.72. The molecular weight excluding hydrogens is 284 g/mol. The zero-order chi connectivity index (χ0) is 14.8. The third kappa shape index (κ3) is 2.73. The number of aryl methyl sites for hydroxylation is 2. The predicted molar refractivity (Wildman–Crippen MR) is 84.5 cm³/mol. The second kappa shape index (κ2) is 5.77. The zero-order valence-electron chi connectivity index (χ0n) is 12.4. The van der Waals surface area contributed by atoms with Gasteiger partial charge in [-0.2, -0.15) is 5.10 Å². The molecule has 0 bridgehead atoms. The maximum atomic E-state index is 4.72. The normalized spacial score (nSPS) is 11.2. The fourth-order valence-corrected chi connectivity index (χ4v) is 2.96. The Balaban J connectivity index is 2.02. The van der Waals surface area contributed by atoms with Crippen molar-refractivity contribution >= 4 is 28.2 Å². The number of nitrogens with zero attached hydrogens (tertiary/aromatic N) is 6. The quantitative estimate of drug-likeness (QED) is 0.724. The molecule has 3 aromatic heterocycles. The van der Waals surface area contributed by atoms with Crippen molar-refractivity contribution in [3.8, 4) is 0 Å². The predicted octanol–water partition coefficient (Wildman–Crippen LogP) is 2.41. The van der Waals surface area contributed by atoms with E-state index in [0.29, 0.717) is 0 Å². The number of anilines is 1. The third-order valence-electron chi connectivity index (χ3n) is 3.31. The van der Waals surface area contributed by atoms with Crippen molar-refractivity contribution < 1.29 is 0 Å². The van der Waals surface area contributed by atoms with Crippen molar-refractivity contribution in [2.24, 2.45) is 7.05 Å². The van der Waals surface area contributed by atoms with E-state index in [1.54, 1.807) is 16.0 Å². The lowest BCUT2D eigenvalue weighted by atomic mass is 10.3. The molecule has 0 amide bonds. The molecule has 0 aliphatic carbocycles. The molecule has 0 saturated carbocycles. The van der Waals surface area contributed by atoms with Crippen LogP contribution in [0.15, 0.2) is 17.8 Å². The first-order valence-corrected chi connectivity index (χ1v) is 7.85. The molecule has 0 spiro atoms. The van der Waals surface area contributed by atoms with Crippen LogP contribution in [0.5, 0.6) is 0 Å². The van der Waals surface area contributed by atoms with Gasteiger partial charge in [0, 0.05) is 32.1 Å². The summed E-state index contributed by atoms with van der Waals surface area (Å²) in [4.78, 5) is 15.8. The molecular formula is C14H18N6S. The van der Waals surface area contributed by atoms with Crippen molar-refractivity contribution in [1.82, 2.24) is 24.7 Å². The smallest absolute Gasteiger partial charge is 0.163 e. The Morgan fingerprint density at radius 2 is 2.19 bits per heavy atom. The molecule has 0 fully saturated rings. The Hall–Kier alpha value is -2.02. The summed E-state index contributed by atoms with van der Waals surface area (Å²) < 4.78 is 1.80. The van der Waals surface area contributed by atoms with Crippen molar-refractivity contribution in [1.29, 1.82) is 0 Å². The van der Waals surface area contributed by atoms with E-state index in [1.165, 1.54) is 0 Å². The summed E-state index contributed by atoms with van der Waals surface area (Å²) >= 11 is 1.65. The molecule has 0 aromatic carbocycles. The molecule has 21 heavy (non-hydrogen) atoms. The SMILES string of the molecule is CCCc1nc(N(C)Cc2nccs2)c2cnn(C)c2n1. The minimum absolute atomic E-state index is 0.740. The third-order valence-corrected chi connectivity index (χ3v) is 4.07. The molecule has 6 nitrogen and oxygen atoms in total. The van der Waals surface area contributed by atoms with Crippen molar-refractivity contribution in [3.63, 3.8) is 0 Å². The van der Waals surface area contributed by atoms with Crippen LogP contribution in [0.3, 0.4) is 0 Å². The first kappa shape index (κ1) is 13.9. The summed E-state index contributed by atoms with van der Waals surface area (Å²) in [5.41, 5.74) is 0.884. The van der Waals surface area contributed by atoms with Gasteiger partial charge < -0.3 is 4.90 Å². The van der Waals surface area contributed by atoms with Gasteiger partial charge in [0.2, 0.25) is 0 Å². The molecule has 0 aliphatic heterocycles. The first-order valence-electron chi connectivity index (χ1n) is 6.97. The van der Waals surface area contributed by atoms with Gasteiger partial charge >= 0.3 is 0 Å². The molecule has 0 N–H and O–H groups in total. The van der Waals surface area contributed by atoms with Crippen LogP contribution in [-0.4, -0.2) is 31.8 Å². The van der Waals surface area contributed by atoms with E-state index in [9.17, 15) is 0 Å². The van der Waals surface area contributed by atoms with Crippen LogP contribution in [0, 0.1) is 0 Å². The summed E-state index contributed by atoms with van der Waals surface area (Å²) in [6.45, 7) is 2.87. The van der Waals surface area contributed by atoms with E-state index in [-0.39, 0.29) is 0 Å². The van der Waals surface area contributed by atoms with Crippen LogP contribution in [0.25, 0.3) is 11.0 Å². The lowest BCUT2D eigenvalue weighted by Crippen LogP contribution is -2.19. The summed E-state index contributed by atoms with van der Waals surface area (Å²) in [6, 6.07) is 0. The molecule has 0 radical (unpaired) electrons. The van der Waals surface area contributed by atoms with Crippen molar-refractivity contribution in [2.75, 3.05) is 11.9 Å². The maximum Gasteiger partial charge on any atom is 0.163 e. The van der Waals surface area contributed by atoms with E-state index in [2.05, 4.69) is 26.9 Å². The van der Waals surface area contributed by atoms with Crippen molar-refractivity contribution in [3.05, 3.63) is 28.6 Å². The summed E-state index contributed by atoms with van der Waals surface area (Å²) in [5, 5.41) is 8.36. The van der Waals surface area contributed by atoms with E-state index < -0.39 is 0 Å². The zero-order valence-corrected chi connectivity index (χ0v) is 13.3. The topological polar surface area (TPSA) is 59.7 Å². The molecule has 0 aliphatic rings. The lowest BCUT2D eigenvalue weighted by Gasteiger charge is -2.18. The number of fused-ring (bicyclic) bond motifs is 1. The molecule has 3 heterocycles. The summed E-state index contributed by atoms with van der Waals surface area (Å²) in [5.74, 6) is 1.79. The van der Waals surface area contributed by atoms with Crippen molar-refractivity contribution in [2.45, 2.75) is 26.3 Å². The van der Waals surface area contributed by atoms with Gasteiger partial charge in [-0.05, 0) is 6.42 Å². The molecule has 110 valence electrons. The average molecular weight is 302 g/mol. The number of rotatable bonds is 5. The molecule has 7 heteroatoms. The molecule has 0 unspecified atom stereocenters. The highest BCUT2D eigenvalue weighted by molar-refractivity contribution is 7.09. The number of aromatic nitrogens is 5. The lowest BCUT2D eigenvalue weighted by molar-refractivity contribution is 0.769. The highest BCUT2D eigenvalue weighted by Crippen LogP contribution is 2.24. The average Bonchev–Trinajstić information content (AvgIpc) is 3.09. The first-order chi connectivity index (χ1) is 10.2. The Kier molecular flexibility index (Phi) is 3.83. The van der Waals surface area contributed by atoms with E-state index >= 15 is 0 Å². The highest BCUT2D eigenvalue weighted by Gasteiger charge is 2.15. The van der Waals surface area contributed by atoms with Gasteiger partial charge in [0.15, 0.2) is 5.65 Å². The van der Waals surface area contributed by atoms with Gasteiger partial charge in [0.05, 0.1) is 18.1 Å². The number of thiazole rings is 1. The van der Waals surface area contributed by atoms with Gasteiger partial charge in [0.25, 0.3) is 0 Å². The van der Waals surface area contributed by atoms with Gasteiger partial charge in [-0.25, -0.2) is 15.0 Å². The highest BCUT2D eigenvalue weighted by atomic mass is 32.1. The Morgan fingerprint density at radius 3 is 2.90 bits per heavy atom. The van der Waals surface area contributed by atoms with Crippen LogP contribution >= 0.6 is 11.3 Å². The van der Waals surface area contributed by atoms with Gasteiger partial charge in [-0.1, -0.05) is 6.92 Å². The van der Waals surface area contributed by atoms with E-state index in [4.69, 9.17) is 4.98 Å². The Bertz CT molecular complexity index is 733. The molecule has 3 rings (SSSR count). The Labute approximate surface area is 127 Å². The Morgan fingerprint density at radius 1 is 1.33 bits per heavy atom. The summed E-state index contributed by atoms with van der Waals surface area (Å²) in [6.07, 6.45) is 5.56. The minimum Gasteiger partial charge on any atom is -0.352 e. The number of hydrogen-bond donors (Lipinski definition) is 0. The fraction of sp³-hybridized carbons (Fsp3) is 0.429. The standard InChI is InChI=1S/C14H18N6S/c1-4-5-11-17-13(10-8-16-20(3)14(10)18-11)19(2)9-12-15-6-7-21-12/h6-8H,4-5,9H2,1-3H3. The second-order valence-corrected chi connectivity index (χ2v) is 5.98. The molecule has 0 saturated heterocycles. The van der Waals surface area contributed by atoms with Crippen LogP contribution in [-0.2, 0) is 20.0 Å². The molecule has 0 atom stereocenters. The van der Waals surface area contributed by atoms with Gasteiger partial charge in [-0.15, -0.1) is 11.3 Å². The largest absolute Gasteiger partial charge is 0.352 e. The van der Waals surface area contributed by atoms with Gasteiger partial charge in [-0.3, -0.25) is 4.68 Å². The molecule has 3 aromatic rings. The van der Waals surface area contributed by atoms with Crippen LogP contribution in [0.4, 0.5) is 5.82 Å². The monoisotopic (exact) mass is 302 g/mol. The van der Waals surface area contributed by atoms with Gasteiger partial charge in [0.1, 0.15) is 16.6 Å². The van der Waals surface area contributed by atoms with E-state index in [1.807, 2.05) is 31.9 Å². The fourth-order valence-electron chi connectivity index (χ4n) is 2.29. The van der Waals surface area contributed by atoms with Crippen LogP contribution in [0.2, 0.25) is 0 Å². The summed E-state index contributed by atoms with van der Waals surface area (Å²) in [7, 11) is 3.95.